The maximum absolute atomic E-state index is 13.3. The first-order chi connectivity index (χ1) is 16.5. The molecule has 0 spiro atoms. The molecule has 35 heavy (non-hydrogen) atoms. The Morgan fingerprint density at radius 1 is 1.17 bits per heavy atom. The maximum atomic E-state index is 13.3. The monoisotopic (exact) mass is 626 g/mol. The second-order valence-electron chi connectivity index (χ2n) is 9.19. The Balaban J connectivity index is 1.55. The molecule has 5 nitrogen and oxygen atoms in total. The van der Waals surface area contributed by atoms with Crippen molar-refractivity contribution in [1.82, 2.24) is 0 Å². The predicted molar refractivity (Wildman–Crippen MR) is 148 cm³/mol. The van der Waals surface area contributed by atoms with Gasteiger partial charge in [-0.15, -0.1) is 0 Å². The number of aryl methyl sites for hydroxylation is 2. The first-order valence-electron chi connectivity index (χ1n) is 11.5. The van der Waals surface area contributed by atoms with E-state index in [2.05, 4.69) is 42.5 Å². The van der Waals surface area contributed by atoms with E-state index in [1.54, 1.807) is 12.1 Å². The van der Waals surface area contributed by atoms with E-state index in [1.165, 1.54) is 0 Å². The number of rotatable bonds is 6. The molecule has 1 unspecified atom stereocenters. The average Bonchev–Trinajstić information content (AvgIpc) is 2.78. The van der Waals surface area contributed by atoms with Crippen molar-refractivity contribution in [2.45, 2.75) is 52.6 Å². The van der Waals surface area contributed by atoms with Crippen LogP contribution in [-0.4, -0.2) is 11.7 Å². The van der Waals surface area contributed by atoms with Gasteiger partial charge in [-0.3, -0.25) is 9.05 Å². The van der Waals surface area contributed by atoms with Gasteiger partial charge in [0.2, 0.25) is 0 Å². The predicted octanol–water partition coefficient (Wildman–Crippen LogP) is 8.65. The number of hydrogen-bond donors (Lipinski definition) is 1. The summed E-state index contributed by atoms with van der Waals surface area (Å²) in [6.45, 7) is 8.44. The smallest absolute Gasteiger partial charge is 0.507 e. The molecular weight excluding hydrogens is 598 g/mol. The van der Waals surface area contributed by atoms with E-state index >= 15 is 0 Å². The fourth-order valence-electron chi connectivity index (χ4n) is 4.33. The van der Waals surface area contributed by atoms with E-state index in [-0.39, 0.29) is 12.5 Å². The topological polar surface area (TPSA) is 65.0 Å². The third-order valence-electron chi connectivity index (χ3n) is 6.15. The molecule has 3 aromatic carbocycles. The zero-order chi connectivity index (χ0) is 25.3. The van der Waals surface area contributed by atoms with Gasteiger partial charge in [0, 0.05) is 11.4 Å². The van der Waals surface area contributed by atoms with Crippen molar-refractivity contribution in [2.75, 3.05) is 6.61 Å². The van der Waals surface area contributed by atoms with Crippen LogP contribution in [0.5, 0.6) is 11.5 Å². The van der Waals surface area contributed by atoms with Crippen LogP contribution in [0.25, 0.3) is 0 Å². The number of phenols is 1. The van der Waals surface area contributed by atoms with Gasteiger partial charge in [-0.05, 0) is 112 Å². The summed E-state index contributed by atoms with van der Waals surface area (Å²) in [6.07, 6.45) is 0.867. The van der Waals surface area contributed by atoms with Crippen LogP contribution in [0.1, 0.15) is 65.7 Å². The molecule has 0 saturated carbocycles. The van der Waals surface area contributed by atoms with Gasteiger partial charge in [0.05, 0.1) is 16.3 Å². The van der Waals surface area contributed by atoms with Crippen LogP contribution in [0.3, 0.4) is 0 Å². The van der Waals surface area contributed by atoms with Crippen LogP contribution >= 0.6 is 42.0 Å². The highest BCUT2D eigenvalue weighted by Gasteiger charge is 2.37. The van der Waals surface area contributed by atoms with Gasteiger partial charge in [0.1, 0.15) is 11.5 Å². The minimum absolute atomic E-state index is 0.227. The van der Waals surface area contributed by atoms with E-state index in [0.717, 1.165) is 43.4 Å². The molecule has 186 valence electrons. The van der Waals surface area contributed by atoms with Gasteiger partial charge in [0.15, 0.2) is 0 Å². The van der Waals surface area contributed by atoms with Crippen LogP contribution in [0.4, 0.5) is 0 Å². The number of phosphoric ester groups is 1. The van der Waals surface area contributed by atoms with E-state index < -0.39 is 13.9 Å². The molecular formula is C27H29ClIO5P. The summed E-state index contributed by atoms with van der Waals surface area (Å²) in [5.74, 6) is 1.03. The van der Waals surface area contributed by atoms with Gasteiger partial charge in [-0.1, -0.05) is 43.6 Å². The zero-order valence-electron chi connectivity index (χ0n) is 20.2. The molecule has 0 amide bonds. The Morgan fingerprint density at radius 3 is 2.54 bits per heavy atom. The van der Waals surface area contributed by atoms with Gasteiger partial charge in [0.25, 0.3) is 0 Å². The normalized spacial score (nSPS) is 20.3. The van der Waals surface area contributed by atoms with Gasteiger partial charge < -0.3 is 9.63 Å². The lowest BCUT2D eigenvalue weighted by molar-refractivity contribution is 0.0509. The number of benzene rings is 3. The van der Waals surface area contributed by atoms with E-state index in [9.17, 15) is 9.67 Å². The van der Waals surface area contributed by atoms with Crippen LogP contribution < -0.4 is 4.52 Å². The van der Waals surface area contributed by atoms with Crippen LogP contribution in [0.2, 0.25) is 5.02 Å². The Labute approximate surface area is 225 Å². The standard InChI is InChI=1S/C27H29ClIO5P/c1-16(2)23-12-19(14-25(29)27(23)30)13-24-17(3)10-22(11-18(24)4)33-35(31)32-9-8-26(34-35)20-6-5-7-21(28)15-20/h5-7,10-12,14-16,26,30H,8-9,13H2,1-4H3/t26-,35?/m0/s1. The highest BCUT2D eigenvalue weighted by molar-refractivity contribution is 14.1. The molecule has 3 aromatic rings. The molecule has 1 aliphatic rings. The SMILES string of the molecule is Cc1cc(OP2(=O)OCC[C@@H](c3cccc(Cl)c3)O2)cc(C)c1Cc1cc(I)c(O)c(C(C)C)c1. The summed E-state index contributed by atoms with van der Waals surface area (Å²) < 4.78 is 31.3. The molecule has 0 aromatic heterocycles. The molecule has 1 aliphatic heterocycles. The fraction of sp³-hybridized carbons (Fsp3) is 0.333. The Bertz CT molecular complexity index is 1270. The lowest BCUT2D eigenvalue weighted by atomic mass is 9.93. The summed E-state index contributed by atoms with van der Waals surface area (Å²) in [5, 5.41) is 11.0. The number of aromatic hydroxyl groups is 1. The molecule has 1 fully saturated rings. The lowest BCUT2D eigenvalue weighted by Gasteiger charge is -2.29. The summed E-state index contributed by atoms with van der Waals surface area (Å²) in [5.41, 5.74) is 6.12. The molecule has 0 bridgehead atoms. The Kier molecular flexibility index (Phi) is 8.18. The van der Waals surface area contributed by atoms with Crippen molar-refractivity contribution in [3.63, 3.8) is 0 Å². The third-order valence-corrected chi connectivity index (χ3v) is 8.65. The van der Waals surface area contributed by atoms with Gasteiger partial charge in [-0.2, -0.15) is 0 Å². The first kappa shape index (κ1) is 26.5. The largest absolute Gasteiger partial charge is 0.530 e. The summed E-state index contributed by atoms with van der Waals surface area (Å²) in [6, 6.07) is 15.2. The highest BCUT2D eigenvalue weighted by Crippen LogP contribution is 2.57. The van der Waals surface area contributed by atoms with Crippen molar-refractivity contribution in [3.8, 4) is 11.5 Å². The van der Waals surface area contributed by atoms with Gasteiger partial charge in [-0.25, -0.2) is 4.57 Å². The number of phenolic OH excluding ortho intramolecular Hbond substituents is 1. The second kappa shape index (κ2) is 10.8. The van der Waals surface area contributed by atoms with Crippen molar-refractivity contribution in [3.05, 3.63) is 90.5 Å². The number of phosphoric acid groups is 1. The molecule has 0 radical (unpaired) electrons. The maximum Gasteiger partial charge on any atom is 0.530 e. The quantitative estimate of drug-likeness (QED) is 0.219. The van der Waals surface area contributed by atoms with Crippen molar-refractivity contribution < 1.29 is 23.2 Å². The summed E-state index contributed by atoms with van der Waals surface area (Å²) in [4.78, 5) is 0. The number of halogens is 2. The number of hydrogen-bond acceptors (Lipinski definition) is 5. The molecule has 0 aliphatic carbocycles. The zero-order valence-corrected chi connectivity index (χ0v) is 24.0. The van der Waals surface area contributed by atoms with E-state index in [4.69, 9.17) is 25.2 Å². The Morgan fingerprint density at radius 2 is 1.89 bits per heavy atom. The van der Waals surface area contributed by atoms with E-state index in [1.807, 2.05) is 44.2 Å². The third kappa shape index (κ3) is 6.23. The van der Waals surface area contributed by atoms with Crippen molar-refractivity contribution >= 4 is 42.0 Å². The molecule has 1 heterocycles. The highest BCUT2D eigenvalue weighted by atomic mass is 127. The Hall–Kier alpha value is -1.57. The van der Waals surface area contributed by atoms with Crippen molar-refractivity contribution in [1.29, 1.82) is 0 Å². The van der Waals surface area contributed by atoms with Gasteiger partial charge >= 0.3 is 7.82 Å². The molecule has 1 N–H and O–H groups in total. The minimum atomic E-state index is -3.79. The molecule has 2 atom stereocenters. The minimum Gasteiger partial charge on any atom is -0.507 e. The summed E-state index contributed by atoms with van der Waals surface area (Å²) in [7, 11) is -3.79. The van der Waals surface area contributed by atoms with E-state index in [0.29, 0.717) is 22.9 Å². The summed E-state index contributed by atoms with van der Waals surface area (Å²) >= 11 is 8.29. The van der Waals surface area contributed by atoms with Crippen LogP contribution in [0, 0.1) is 17.4 Å². The molecule has 1 saturated heterocycles. The molecule has 8 heteroatoms. The first-order valence-corrected chi connectivity index (χ1v) is 14.5. The lowest BCUT2D eigenvalue weighted by Crippen LogP contribution is -2.16. The molecule has 4 rings (SSSR count). The van der Waals surface area contributed by atoms with Crippen LogP contribution in [-0.2, 0) is 20.0 Å². The van der Waals surface area contributed by atoms with Crippen LogP contribution in [0.15, 0.2) is 48.5 Å². The average molecular weight is 627 g/mol. The van der Waals surface area contributed by atoms with Crippen molar-refractivity contribution in [2.24, 2.45) is 0 Å². The fourth-order valence-corrected chi connectivity index (χ4v) is 6.63. The second-order valence-corrected chi connectivity index (χ2v) is 12.3.